The molecule has 1 aromatic rings. The molecule has 0 aliphatic carbocycles. The van der Waals surface area contributed by atoms with Crippen LogP contribution in [0.5, 0.6) is 0 Å². The van der Waals surface area contributed by atoms with Crippen LogP contribution in [0.2, 0.25) is 0 Å². The Hall–Kier alpha value is -1.72. The molecule has 0 unspecified atom stereocenters. The van der Waals surface area contributed by atoms with Crippen molar-refractivity contribution in [2.24, 2.45) is 0 Å². The van der Waals surface area contributed by atoms with E-state index in [2.05, 4.69) is 16.0 Å². The maximum absolute atomic E-state index is 12.6. The lowest BCUT2D eigenvalue weighted by Crippen LogP contribution is -2.49. The number of nitrogens with one attached hydrogen (secondary N) is 3. The molecule has 26 heavy (non-hydrogen) atoms. The molecule has 11 heteroatoms. The molecule has 0 aromatic heterocycles. The standard InChI is InChI=1S/C15H22N4O5S.ClH/c1-24-8-6-16-10-14(20)18-12-3-2-4-13(9-12)25(22,23)19-7-5-17-15(21)11-19;/h2-4,9,16H,5-8,10-11H2,1H3,(H,17,21)(H,18,20);1H. The fourth-order valence-corrected chi connectivity index (χ4v) is 3.73. The zero-order chi connectivity index (χ0) is 18.3. The summed E-state index contributed by atoms with van der Waals surface area (Å²) in [6.07, 6.45) is 0. The van der Waals surface area contributed by atoms with Crippen molar-refractivity contribution in [1.29, 1.82) is 0 Å². The summed E-state index contributed by atoms with van der Waals surface area (Å²) >= 11 is 0. The average Bonchev–Trinajstić information content (AvgIpc) is 2.59. The van der Waals surface area contributed by atoms with E-state index in [0.29, 0.717) is 18.8 Å². The van der Waals surface area contributed by atoms with Gasteiger partial charge in [0.1, 0.15) is 0 Å². The third-order valence-corrected chi connectivity index (χ3v) is 5.37. The van der Waals surface area contributed by atoms with Gasteiger partial charge in [-0.15, -0.1) is 12.4 Å². The predicted octanol–water partition coefficient (Wildman–Crippen LogP) is -0.597. The Labute approximate surface area is 158 Å². The van der Waals surface area contributed by atoms with Crippen molar-refractivity contribution >= 4 is 39.9 Å². The highest BCUT2D eigenvalue weighted by atomic mass is 35.5. The van der Waals surface area contributed by atoms with Gasteiger partial charge in [0.05, 0.1) is 24.6 Å². The number of piperazine rings is 1. The summed E-state index contributed by atoms with van der Waals surface area (Å²) in [5.41, 5.74) is 0.376. The van der Waals surface area contributed by atoms with Gasteiger partial charge in [-0.25, -0.2) is 8.42 Å². The third kappa shape index (κ3) is 6.22. The van der Waals surface area contributed by atoms with E-state index in [1.807, 2.05) is 0 Å². The van der Waals surface area contributed by atoms with Crippen LogP contribution >= 0.6 is 12.4 Å². The lowest BCUT2D eigenvalue weighted by molar-refractivity contribution is -0.122. The van der Waals surface area contributed by atoms with E-state index in [1.54, 1.807) is 19.2 Å². The Bertz CT molecular complexity index is 729. The minimum absolute atomic E-state index is 0. The fraction of sp³-hybridized carbons (Fsp3) is 0.467. The SMILES string of the molecule is COCCNCC(=O)Nc1cccc(S(=O)(=O)N2CCNC(=O)C2)c1.Cl. The van der Waals surface area contributed by atoms with Gasteiger partial charge >= 0.3 is 0 Å². The number of hydrogen-bond donors (Lipinski definition) is 3. The highest BCUT2D eigenvalue weighted by Crippen LogP contribution is 2.20. The van der Waals surface area contributed by atoms with Crippen molar-refractivity contribution in [2.45, 2.75) is 4.90 Å². The van der Waals surface area contributed by atoms with Crippen LogP contribution in [0.1, 0.15) is 0 Å². The maximum Gasteiger partial charge on any atom is 0.243 e. The molecule has 2 rings (SSSR count). The number of halogens is 1. The molecule has 0 bridgehead atoms. The predicted molar refractivity (Wildman–Crippen MR) is 98.8 cm³/mol. The zero-order valence-corrected chi connectivity index (χ0v) is 16.0. The summed E-state index contributed by atoms with van der Waals surface area (Å²) in [6, 6.07) is 5.98. The van der Waals surface area contributed by atoms with Crippen molar-refractivity contribution in [3.63, 3.8) is 0 Å². The largest absolute Gasteiger partial charge is 0.383 e. The fourth-order valence-electron chi connectivity index (χ4n) is 2.29. The van der Waals surface area contributed by atoms with Crippen LogP contribution in [0, 0.1) is 0 Å². The number of sulfonamides is 1. The molecular formula is C15H23ClN4O5S. The molecule has 3 N–H and O–H groups in total. The topological polar surface area (TPSA) is 117 Å². The number of methoxy groups -OCH3 is 1. The summed E-state index contributed by atoms with van der Waals surface area (Å²) in [4.78, 5) is 23.3. The molecule has 0 radical (unpaired) electrons. The summed E-state index contributed by atoms with van der Waals surface area (Å²) in [6.45, 7) is 1.41. The van der Waals surface area contributed by atoms with Gasteiger partial charge in [0.2, 0.25) is 21.8 Å². The van der Waals surface area contributed by atoms with Crippen LogP contribution < -0.4 is 16.0 Å². The van der Waals surface area contributed by atoms with Crippen LogP contribution in [-0.4, -0.2) is 71.0 Å². The second-order valence-electron chi connectivity index (χ2n) is 5.43. The third-order valence-electron chi connectivity index (χ3n) is 3.53. The number of carbonyl (C=O) groups is 2. The van der Waals surface area contributed by atoms with Crippen LogP contribution in [0.3, 0.4) is 0 Å². The lowest BCUT2D eigenvalue weighted by atomic mass is 10.3. The van der Waals surface area contributed by atoms with Crippen LogP contribution in [0.25, 0.3) is 0 Å². The Kier molecular flexibility index (Phi) is 8.96. The molecule has 0 atom stereocenters. The minimum Gasteiger partial charge on any atom is -0.383 e. The quantitative estimate of drug-likeness (QED) is 0.496. The molecule has 1 heterocycles. The smallest absolute Gasteiger partial charge is 0.243 e. The Morgan fingerprint density at radius 2 is 2.15 bits per heavy atom. The molecule has 1 aromatic carbocycles. The number of carbonyl (C=O) groups excluding carboxylic acids is 2. The first kappa shape index (κ1) is 22.3. The summed E-state index contributed by atoms with van der Waals surface area (Å²) in [5, 5.41) is 8.12. The van der Waals surface area contributed by atoms with Crippen LogP contribution in [-0.2, 0) is 24.3 Å². The van der Waals surface area contributed by atoms with Crippen molar-refractivity contribution < 1.29 is 22.7 Å². The normalized spacial score (nSPS) is 15.0. The van der Waals surface area contributed by atoms with Gasteiger partial charge < -0.3 is 20.7 Å². The van der Waals surface area contributed by atoms with Crippen LogP contribution in [0.4, 0.5) is 5.69 Å². The molecule has 1 aliphatic rings. The zero-order valence-electron chi connectivity index (χ0n) is 14.4. The second-order valence-corrected chi connectivity index (χ2v) is 7.37. The highest BCUT2D eigenvalue weighted by molar-refractivity contribution is 7.89. The van der Waals surface area contributed by atoms with E-state index in [-0.39, 0.29) is 55.3 Å². The summed E-state index contributed by atoms with van der Waals surface area (Å²) in [5.74, 6) is -0.621. The molecule has 2 amide bonds. The number of benzene rings is 1. The van der Waals surface area contributed by atoms with Gasteiger partial charge in [-0.3, -0.25) is 9.59 Å². The highest BCUT2D eigenvalue weighted by Gasteiger charge is 2.29. The van der Waals surface area contributed by atoms with Crippen LogP contribution in [0.15, 0.2) is 29.2 Å². The Balaban J connectivity index is 0.00000338. The average molecular weight is 407 g/mol. The van der Waals surface area contributed by atoms with E-state index in [4.69, 9.17) is 4.74 Å². The van der Waals surface area contributed by atoms with E-state index in [1.165, 1.54) is 12.1 Å². The Morgan fingerprint density at radius 3 is 2.85 bits per heavy atom. The molecule has 1 fully saturated rings. The van der Waals surface area contributed by atoms with E-state index < -0.39 is 10.0 Å². The lowest BCUT2D eigenvalue weighted by Gasteiger charge is -2.26. The van der Waals surface area contributed by atoms with Crippen molar-refractivity contribution in [1.82, 2.24) is 14.9 Å². The number of amides is 2. The molecule has 1 aliphatic heterocycles. The molecule has 0 spiro atoms. The van der Waals surface area contributed by atoms with Gasteiger partial charge in [0.25, 0.3) is 0 Å². The van der Waals surface area contributed by atoms with E-state index in [0.717, 1.165) is 4.31 Å². The molecular weight excluding hydrogens is 384 g/mol. The monoisotopic (exact) mass is 406 g/mol. The first-order valence-corrected chi connectivity index (χ1v) is 9.24. The van der Waals surface area contributed by atoms with Crippen molar-refractivity contribution in [3.05, 3.63) is 24.3 Å². The van der Waals surface area contributed by atoms with Gasteiger partial charge in [0, 0.05) is 32.4 Å². The number of rotatable bonds is 8. The van der Waals surface area contributed by atoms with Gasteiger partial charge in [-0.2, -0.15) is 4.31 Å². The van der Waals surface area contributed by atoms with Crippen molar-refractivity contribution in [3.8, 4) is 0 Å². The molecule has 0 saturated carbocycles. The molecule has 1 saturated heterocycles. The van der Waals surface area contributed by atoms with Gasteiger partial charge in [0.15, 0.2) is 0 Å². The number of anilines is 1. The van der Waals surface area contributed by atoms with Gasteiger partial charge in [-0.05, 0) is 18.2 Å². The van der Waals surface area contributed by atoms with E-state index >= 15 is 0 Å². The van der Waals surface area contributed by atoms with Crippen molar-refractivity contribution in [2.75, 3.05) is 51.8 Å². The molecule has 146 valence electrons. The molecule has 9 nitrogen and oxygen atoms in total. The minimum atomic E-state index is -3.79. The number of nitrogens with zero attached hydrogens (tertiary/aromatic N) is 1. The van der Waals surface area contributed by atoms with Gasteiger partial charge in [-0.1, -0.05) is 6.07 Å². The first-order chi connectivity index (χ1) is 11.9. The number of ether oxygens (including phenoxy) is 1. The maximum atomic E-state index is 12.6. The summed E-state index contributed by atoms with van der Waals surface area (Å²) in [7, 11) is -2.22. The van der Waals surface area contributed by atoms with E-state index in [9.17, 15) is 18.0 Å². The summed E-state index contributed by atoms with van der Waals surface area (Å²) < 4.78 is 31.2. The first-order valence-electron chi connectivity index (χ1n) is 7.80. The number of hydrogen-bond acceptors (Lipinski definition) is 6. The second kappa shape index (κ2) is 10.4. The Morgan fingerprint density at radius 1 is 1.38 bits per heavy atom.